The van der Waals surface area contributed by atoms with Crippen LogP contribution in [0, 0.1) is 0 Å². The first kappa shape index (κ1) is 31.7. The van der Waals surface area contributed by atoms with Gasteiger partial charge in [0.25, 0.3) is 0 Å². The molecule has 0 bridgehead atoms. The lowest BCUT2D eigenvalue weighted by atomic mass is 9.97. The molecule has 0 N–H and O–H groups in total. The molecule has 57 heavy (non-hydrogen) atoms. The van der Waals surface area contributed by atoms with E-state index in [1.54, 1.807) is 0 Å². The van der Waals surface area contributed by atoms with Crippen LogP contribution >= 0.6 is 0 Å². The largest absolute Gasteiger partial charge is 0.309 e. The van der Waals surface area contributed by atoms with E-state index in [4.69, 9.17) is 9.97 Å². The van der Waals surface area contributed by atoms with Crippen molar-refractivity contribution in [2.24, 2.45) is 0 Å². The van der Waals surface area contributed by atoms with Crippen molar-refractivity contribution in [1.29, 1.82) is 0 Å². The van der Waals surface area contributed by atoms with E-state index in [1.807, 2.05) is 24.3 Å². The zero-order valence-electron chi connectivity index (χ0n) is 30.9. The summed E-state index contributed by atoms with van der Waals surface area (Å²) in [4.78, 5) is 10.3. The van der Waals surface area contributed by atoms with Gasteiger partial charge in [-0.25, -0.2) is 9.97 Å². The molecule has 0 amide bonds. The van der Waals surface area contributed by atoms with E-state index >= 15 is 0 Å². The Morgan fingerprint density at radius 3 is 1.63 bits per heavy atom. The summed E-state index contributed by atoms with van der Waals surface area (Å²) in [5.74, 6) is 0.706. The summed E-state index contributed by atoms with van der Waals surface area (Å²) in [7, 11) is 0. The summed E-state index contributed by atoms with van der Waals surface area (Å²) in [6.45, 7) is 0. The predicted octanol–water partition coefficient (Wildman–Crippen LogP) is 14.2. The van der Waals surface area contributed by atoms with Crippen LogP contribution in [0.3, 0.4) is 0 Å². The van der Waals surface area contributed by atoms with Crippen LogP contribution in [0.25, 0.3) is 116 Å². The van der Waals surface area contributed by atoms with Gasteiger partial charge in [-0.1, -0.05) is 176 Å². The Morgan fingerprint density at radius 2 is 0.895 bits per heavy atom. The molecule has 0 radical (unpaired) electrons. The standard InChI is InChI=1S/C54H33N3/c1-3-12-34(13-4-1)35-22-24-37(25-23-35)48-33-49(56-54(55-48)39-15-5-2-6-16-39)38-26-29-40(30-27-38)57-50-32-47-43-19-10-9-18-42(43)44-20-11-21-45(51(44)47)52(50)46-31-28-36-14-7-8-17-41(36)53(46)57/h1-33H. The Morgan fingerprint density at radius 1 is 0.333 bits per heavy atom. The van der Waals surface area contributed by atoms with E-state index in [1.165, 1.54) is 76.7 Å². The Kier molecular flexibility index (Phi) is 6.93. The van der Waals surface area contributed by atoms with Crippen molar-refractivity contribution in [2.75, 3.05) is 0 Å². The molecule has 0 spiro atoms. The molecule has 0 saturated heterocycles. The quantitative estimate of drug-likeness (QED) is 0.177. The summed E-state index contributed by atoms with van der Waals surface area (Å²) in [5.41, 5.74) is 16.0. The number of aromatic nitrogens is 3. The number of benzene rings is 9. The molecule has 3 nitrogen and oxygen atoms in total. The highest BCUT2D eigenvalue weighted by Crippen LogP contribution is 2.51. The van der Waals surface area contributed by atoms with Gasteiger partial charge < -0.3 is 4.57 Å². The minimum atomic E-state index is 0.706. The van der Waals surface area contributed by atoms with Crippen molar-refractivity contribution in [3.8, 4) is 73.0 Å². The van der Waals surface area contributed by atoms with Gasteiger partial charge in [0.2, 0.25) is 0 Å². The number of hydrogen-bond donors (Lipinski definition) is 0. The molecule has 0 fully saturated rings. The molecule has 0 aliphatic heterocycles. The molecule has 11 aromatic rings. The lowest BCUT2D eigenvalue weighted by molar-refractivity contribution is 1.17. The van der Waals surface area contributed by atoms with Crippen LogP contribution in [0.15, 0.2) is 200 Å². The zero-order chi connectivity index (χ0) is 37.5. The highest BCUT2D eigenvalue weighted by atomic mass is 15.0. The lowest BCUT2D eigenvalue weighted by Gasteiger charge is -2.13. The monoisotopic (exact) mass is 723 g/mol. The molecule has 9 aromatic carbocycles. The minimum absolute atomic E-state index is 0.706. The van der Waals surface area contributed by atoms with Crippen molar-refractivity contribution in [1.82, 2.24) is 14.5 Å². The summed E-state index contributed by atoms with van der Waals surface area (Å²) in [6.07, 6.45) is 0. The zero-order valence-corrected chi connectivity index (χ0v) is 30.9. The van der Waals surface area contributed by atoms with Gasteiger partial charge in [-0.15, -0.1) is 0 Å². The summed E-state index contributed by atoms with van der Waals surface area (Å²) in [5, 5.41) is 7.66. The van der Waals surface area contributed by atoms with Crippen molar-refractivity contribution in [3.63, 3.8) is 0 Å². The van der Waals surface area contributed by atoms with Crippen molar-refractivity contribution in [3.05, 3.63) is 200 Å². The van der Waals surface area contributed by atoms with Crippen LogP contribution in [-0.4, -0.2) is 14.5 Å². The molecular weight excluding hydrogens is 691 g/mol. The first-order valence-corrected chi connectivity index (χ1v) is 19.5. The fourth-order valence-corrected chi connectivity index (χ4v) is 9.11. The summed E-state index contributed by atoms with van der Waals surface area (Å²) < 4.78 is 2.48. The third-order valence-electron chi connectivity index (χ3n) is 11.7. The number of hydrogen-bond acceptors (Lipinski definition) is 2. The first-order valence-electron chi connectivity index (χ1n) is 19.5. The molecule has 12 rings (SSSR count). The Hall–Kier alpha value is -7.62. The van der Waals surface area contributed by atoms with Gasteiger partial charge in [-0.3, -0.25) is 0 Å². The van der Waals surface area contributed by atoms with Gasteiger partial charge in [-0.2, -0.15) is 0 Å². The third kappa shape index (κ3) is 4.92. The number of fused-ring (bicyclic) bond motifs is 9. The third-order valence-corrected chi connectivity index (χ3v) is 11.7. The minimum Gasteiger partial charge on any atom is -0.309 e. The fourth-order valence-electron chi connectivity index (χ4n) is 9.11. The van der Waals surface area contributed by atoms with E-state index in [2.05, 4.69) is 180 Å². The van der Waals surface area contributed by atoms with Crippen molar-refractivity contribution < 1.29 is 0 Å². The SMILES string of the molecule is c1ccc(-c2ccc(-c3cc(-c4ccc(-n5c6cc7c8c(cccc8c6c6ccc8ccccc8c65)-c5ccccc5-7)cc4)nc(-c4ccccc4)n3)cc2)cc1. The molecule has 0 unspecified atom stereocenters. The average molecular weight is 724 g/mol. The normalized spacial score (nSPS) is 11.9. The van der Waals surface area contributed by atoms with Gasteiger partial charge in [0, 0.05) is 38.5 Å². The first-order chi connectivity index (χ1) is 28.3. The molecule has 3 heteroatoms. The molecule has 1 aliphatic carbocycles. The average Bonchev–Trinajstić information content (AvgIpc) is 3.81. The maximum atomic E-state index is 5.16. The van der Waals surface area contributed by atoms with Gasteiger partial charge in [0.15, 0.2) is 5.82 Å². The lowest BCUT2D eigenvalue weighted by Crippen LogP contribution is -1.97. The van der Waals surface area contributed by atoms with Crippen LogP contribution in [0.4, 0.5) is 0 Å². The van der Waals surface area contributed by atoms with Gasteiger partial charge >= 0.3 is 0 Å². The van der Waals surface area contributed by atoms with E-state index in [0.717, 1.165) is 33.8 Å². The van der Waals surface area contributed by atoms with Crippen LogP contribution in [-0.2, 0) is 0 Å². The Labute approximate surface area is 329 Å². The van der Waals surface area contributed by atoms with Crippen molar-refractivity contribution in [2.45, 2.75) is 0 Å². The molecule has 264 valence electrons. The van der Waals surface area contributed by atoms with Gasteiger partial charge in [0.05, 0.1) is 22.4 Å². The second-order valence-electron chi connectivity index (χ2n) is 14.9. The second kappa shape index (κ2) is 12.5. The smallest absolute Gasteiger partial charge is 0.160 e. The number of rotatable bonds is 5. The van der Waals surface area contributed by atoms with Crippen LogP contribution in [0.2, 0.25) is 0 Å². The highest BCUT2D eigenvalue weighted by molar-refractivity contribution is 6.31. The van der Waals surface area contributed by atoms with Crippen LogP contribution in [0.5, 0.6) is 0 Å². The maximum absolute atomic E-state index is 5.16. The second-order valence-corrected chi connectivity index (χ2v) is 14.9. The fraction of sp³-hybridized carbons (Fsp3) is 0. The Balaban J connectivity index is 1.05. The molecule has 0 saturated carbocycles. The van der Waals surface area contributed by atoms with Gasteiger partial charge in [0.1, 0.15) is 0 Å². The Bertz CT molecular complexity index is 3360. The van der Waals surface area contributed by atoms with Crippen LogP contribution < -0.4 is 0 Å². The van der Waals surface area contributed by atoms with E-state index in [-0.39, 0.29) is 0 Å². The van der Waals surface area contributed by atoms with E-state index in [9.17, 15) is 0 Å². The summed E-state index contributed by atoms with van der Waals surface area (Å²) in [6, 6.07) is 71.9. The molecule has 1 aliphatic rings. The topological polar surface area (TPSA) is 30.7 Å². The molecule has 2 heterocycles. The molecule has 0 atom stereocenters. The predicted molar refractivity (Wildman–Crippen MR) is 238 cm³/mol. The highest BCUT2D eigenvalue weighted by Gasteiger charge is 2.26. The molecule has 2 aromatic heterocycles. The summed E-state index contributed by atoms with van der Waals surface area (Å²) >= 11 is 0. The van der Waals surface area contributed by atoms with E-state index in [0.29, 0.717) is 5.82 Å². The van der Waals surface area contributed by atoms with Crippen molar-refractivity contribution >= 4 is 43.4 Å². The maximum Gasteiger partial charge on any atom is 0.160 e. The number of nitrogens with zero attached hydrogens (tertiary/aromatic N) is 3. The van der Waals surface area contributed by atoms with Gasteiger partial charge in [-0.05, 0) is 73.8 Å². The van der Waals surface area contributed by atoms with E-state index < -0.39 is 0 Å². The molecular formula is C54H33N3. The van der Waals surface area contributed by atoms with Crippen LogP contribution in [0.1, 0.15) is 0 Å².